The van der Waals surface area contributed by atoms with Gasteiger partial charge in [-0.1, -0.05) is 38.0 Å². The molecular weight excluding hydrogens is 408 g/mol. The Kier molecular flexibility index (Phi) is 6.04. The van der Waals surface area contributed by atoms with Crippen molar-refractivity contribution in [2.45, 2.75) is 32.1 Å². The number of unbranched alkanes of at least 4 members (excludes halogenated alkanes) is 2. The Morgan fingerprint density at radius 2 is 2.00 bits per heavy atom. The number of nitrogens with two attached hydrogens (primary N) is 1. The van der Waals surface area contributed by atoms with E-state index in [9.17, 15) is 10.1 Å². The standard InChI is InChI=1S/C25H24N2O5/c1-3-4-7-12-30-20-13-15(29-2)10-11-16(20)21-18(14-26)24(27)32-25-22(21)23(28)17-8-5-6-9-19(17)31-25/h5-6,8-11,13,21H,3-4,7,12,27H2,1-2H3/t21-/m0/s1. The van der Waals surface area contributed by atoms with Gasteiger partial charge in [0, 0.05) is 11.6 Å². The number of benzene rings is 2. The molecule has 1 aliphatic heterocycles. The van der Waals surface area contributed by atoms with Crippen LogP contribution in [0.1, 0.15) is 43.2 Å². The van der Waals surface area contributed by atoms with Crippen LogP contribution in [0.5, 0.6) is 17.4 Å². The number of nitriles is 1. The van der Waals surface area contributed by atoms with Crippen LogP contribution >= 0.6 is 0 Å². The predicted molar refractivity (Wildman–Crippen MR) is 120 cm³/mol. The van der Waals surface area contributed by atoms with E-state index in [1.54, 1.807) is 49.6 Å². The van der Waals surface area contributed by atoms with Gasteiger partial charge in [-0.2, -0.15) is 5.26 Å². The molecule has 2 heterocycles. The third-order valence-electron chi connectivity index (χ3n) is 5.50. The summed E-state index contributed by atoms with van der Waals surface area (Å²) in [6, 6.07) is 14.3. The second-order valence-corrected chi connectivity index (χ2v) is 7.51. The van der Waals surface area contributed by atoms with E-state index in [0.29, 0.717) is 34.6 Å². The van der Waals surface area contributed by atoms with E-state index < -0.39 is 5.92 Å². The Hall–Kier alpha value is -3.92. The number of ether oxygens (including phenoxy) is 3. The minimum atomic E-state index is -0.795. The Balaban J connectivity index is 1.92. The van der Waals surface area contributed by atoms with Crippen molar-refractivity contribution in [3.05, 3.63) is 75.3 Å². The fraction of sp³-hybridized carbons (Fsp3) is 0.280. The normalized spacial score (nSPS) is 15.1. The average Bonchev–Trinajstić information content (AvgIpc) is 2.81. The van der Waals surface area contributed by atoms with Crippen LogP contribution in [0.4, 0.5) is 0 Å². The number of nitrogens with zero attached hydrogens (tertiary/aromatic N) is 1. The maximum Gasteiger partial charge on any atom is 0.300 e. The van der Waals surface area contributed by atoms with Gasteiger partial charge >= 0.3 is 0 Å². The Bertz CT molecular complexity index is 1290. The molecule has 2 aromatic carbocycles. The topological polar surface area (TPSA) is 108 Å². The Morgan fingerprint density at radius 1 is 1.19 bits per heavy atom. The summed E-state index contributed by atoms with van der Waals surface area (Å²) in [5.41, 5.74) is 7.15. The maximum absolute atomic E-state index is 13.5. The second-order valence-electron chi connectivity index (χ2n) is 7.51. The molecular formula is C25H24N2O5. The Labute approximate surface area is 185 Å². The maximum atomic E-state index is 13.5. The summed E-state index contributed by atoms with van der Waals surface area (Å²) < 4.78 is 22.9. The van der Waals surface area contributed by atoms with Crippen molar-refractivity contribution >= 4 is 11.0 Å². The van der Waals surface area contributed by atoms with Crippen LogP contribution in [-0.4, -0.2) is 13.7 Å². The number of methoxy groups -OCH3 is 1. The number of fused-ring (bicyclic) bond motifs is 2. The van der Waals surface area contributed by atoms with Gasteiger partial charge in [0.1, 0.15) is 28.7 Å². The van der Waals surface area contributed by atoms with Crippen LogP contribution in [0, 0.1) is 11.3 Å². The van der Waals surface area contributed by atoms with Crippen LogP contribution in [0.2, 0.25) is 0 Å². The number of rotatable bonds is 7. The summed E-state index contributed by atoms with van der Waals surface area (Å²) in [5, 5.41) is 10.3. The van der Waals surface area contributed by atoms with Crippen molar-refractivity contribution in [3.8, 4) is 23.5 Å². The lowest BCUT2D eigenvalue weighted by Crippen LogP contribution is -2.27. The summed E-state index contributed by atoms with van der Waals surface area (Å²) in [6.45, 7) is 2.61. The zero-order valence-electron chi connectivity index (χ0n) is 18.0. The molecule has 0 unspecified atom stereocenters. The lowest BCUT2D eigenvalue weighted by Gasteiger charge is -2.26. The third-order valence-corrected chi connectivity index (χ3v) is 5.50. The van der Waals surface area contributed by atoms with Crippen molar-refractivity contribution in [3.63, 3.8) is 0 Å². The number of allylic oxidation sites excluding steroid dienone is 1. The quantitative estimate of drug-likeness (QED) is 0.544. The molecule has 32 heavy (non-hydrogen) atoms. The van der Waals surface area contributed by atoms with Crippen molar-refractivity contribution < 1.29 is 18.6 Å². The number of hydrogen-bond acceptors (Lipinski definition) is 7. The van der Waals surface area contributed by atoms with E-state index in [1.165, 1.54) is 0 Å². The molecule has 1 aromatic heterocycles. The van der Waals surface area contributed by atoms with Gasteiger partial charge < -0.3 is 24.4 Å². The molecule has 0 aliphatic carbocycles. The molecule has 7 heteroatoms. The summed E-state index contributed by atoms with van der Waals surface area (Å²) >= 11 is 0. The van der Waals surface area contributed by atoms with Crippen LogP contribution in [0.3, 0.4) is 0 Å². The van der Waals surface area contributed by atoms with E-state index in [4.69, 9.17) is 24.4 Å². The van der Waals surface area contributed by atoms with E-state index in [-0.39, 0.29) is 28.4 Å². The Morgan fingerprint density at radius 3 is 2.75 bits per heavy atom. The van der Waals surface area contributed by atoms with Crippen LogP contribution < -0.4 is 25.4 Å². The monoisotopic (exact) mass is 432 g/mol. The van der Waals surface area contributed by atoms with Crippen molar-refractivity contribution in [2.24, 2.45) is 5.73 Å². The fourth-order valence-electron chi connectivity index (χ4n) is 3.87. The summed E-state index contributed by atoms with van der Waals surface area (Å²) in [4.78, 5) is 13.5. The minimum Gasteiger partial charge on any atom is -0.497 e. The summed E-state index contributed by atoms with van der Waals surface area (Å²) in [5.74, 6) is 0.217. The van der Waals surface area contributed by atoms with Gasteiger partial charge in [0.15, 0.2) is 0 Å². The van der Waals surface area contributed by atoms with Crippen molar-refractivity contribution in [1.82, 2.24) is 0 Å². The molecule has 0 amide bonds. The molecule has 0 radical (unpaired) electrons. The molecule has 0 saturated carbocycles. The van der Waals surface area contributed by atoms with Crippen molar-refractivity contribution in [2.75, 3.05) is 13.7 Å². The molecule has 3 aromatic rings. The first-order valence-corrected chi connectivity index (χ1v) is 10.5. The third kappa shape index (κ3) is 3.76. The van der Waals surface area contributed by atoms with E-state index in [2.05, 4.69) is 13.0 Å². The molecule has 0 fully saturated rings. The molecule has 0 spiro atoms. The smallest absolute Gasteiger partial charge is 0.300 e. The summed E-state index contributed by atoms with van der Waals surface area (Å²) in [6.07, 6.45) is 2.98. The molecule has 1 aliphatic rings. The first-order chi connectivity index (χ1) is 15.6. The number of para-hydroxylation sites is 1. The highest BCUT2D eigenvalue weighted by Gasteiger charge is 2.37. The van der Waals surface area contributed by atoms with Gasteiger partial charge in [-0.3, -0.25) is 4.79 Å². The highest BCUT2D eigenvalue weighted by atomic mass is 16.6. The van der Waals surface area contributed by atoms with E-state index in [1.807, 2.05) is 0 Å². The second kappa shape index (κ2) is 9.06. The van der Waals surface area contributed by atoms with E-state index >= 15 is 0 Å². The molecule has 164 valence electrons. The zero-order valence-corrected chi connectivity index (χ0v) is 18.0. The minimum absolute atomic E-state index is 0.0112. The SMILES string of the molecule is CCCCCOc1cc(OC)ccc1[C@H]1C(C#N)=C(N)Oc2oc3ccccc3c(=O)c21. The molecule has 0 bridgehead atoms. The highest BCUT2D eigenvalue weighted by Crippen LogP contribution is 2.45. The average molecular weight is 432 g/mol. The molecule has 0 saturated heterocycles. The zero-order chi connectivity index (χ0) is 22.7. The van der Waals surface area contributed by atoms with Gasteiger partial charge in [0.25, 0.3) is 5.95 Å². The largest absolute Gasteiger partial charge is 0.497 e. The van der Waals surface area contributed by atoms with Gasteiger partial charge in [-0.25, -0.2) is 0 Å². The van der Waals surface area contributed by atoms with Gasteiger partial charge in [-0.05, 0) is 24.6 Å². The van der Waals surface area contributed by atoms with Gasteiger partial charge in [0.2, 0.25) is 11.3 Å². The molecule has 2 N–H and O–H groups in total. The predicted octanol–water partition coefficient (Wildman–Crippen LogP) is 4.59. The number of hydrogen-bond donors (Lipinski definition) is 1. The first kappa shape index (κ1) is 21.3. The van der Waals surface area contributed by atoms with Crippen LogP contribution in [0.15, 0.2) is 63.1 Å². The molecule has 1 atom stereocenters. The fourth-order valence-corrected chi connectivity index (χ4v) is 3.87. The summed E-state index contributed by atoms with van der Waals surface area (Å²) in [7, 11) is 1.57. The molecule has 4 rings (SSSR count). The highest BCUT2D eigenvalue weighted by molar-refractivity contribution is 5.78. The van der Waals surface area contributed by atoms with Gasteiger partial charge in [0.05, 0.1) is 30.6 Å². The first-order valence-electron chi connectivity index (χ1n) is 10.5. The van der Waals surface area contributed by atoms with Crippen LogP contribution in [-0.2, 0) is 0 Å². The molecule has 7 nitrogen and oxygen atoms in total. The lowest BCUT2D eigenvalue weighted by molar-refractivity contribution is 0.289. The van der Waals surface area contributed by atoms with E-state index in [0.717, 1.165) is 19.3 Å². The van der Waals surface area contributed by atoms with Crippen molar-refractivity contribution in [1.29, 1.82) is 5.26 Å². The van der Waals surface area contributed by atoms with Gasteiger partial charge in [-0.15, -0.1) is 0 Å². The lowest BCUT2D eigenvalue weighted by atomic mass is 9.83. The van der Waals surface area contributed by atoms with Crippen LogP contribution in [0.25, 0.3) is 11.0 Å².